The molecule has 1 saturated heterocycles. The van der Waals surface area contributed by atoms with Gasteiger partial charge in [-0.2, -0.15) is 0 Å². The quantitative estimate of drug-likeness (QED) is 0.892. The third-order valence-electron chi connectivity index (χ3n) is 4.51. The highest BCUT2D eigenvalue weighted by Gasteiger charge is 2.42. The molecule has 0 spiro atoms. The summed E-state index contributed by atoms with van der Waals surface area (Å²) in [6.07, 6.45) is 0.505. The van der Waals surface area contributed by atoms with E-state index in [9.17, 15) is 14.7 Å². The maximum Gasteiger partial charge on any atom is 0.329 e. The summed E-state index contributed by atoms with van der Waals surface area (Å²) in [6, 6.07) is 13.1. The molecule has 1 aromatic carbocycles. The molecular formula is C19H20N2O4. The smallest absolute Gasteiger partial charge is 0.329 e. The zero-order valence-electron chi connectivity index (χ0n) is 14.0. The standard InChI is InChI=1S/C19H20N2O4/c1-13-15(7-8-16(20-13)14-5-3-2-4-6-14)17(22)21-19(18(23)24)9-11-25-12-10-19/h2-8H,9-12H2,1H3,(H,21,22)(H,23,24). The van der Waals surface area contributed by atoms with Crippen molar-refractivity contribution in [2.45, 2.75) is 25.3 Å². The number of carboxylic acid groups (broad SMARTS) is 1. The first-order valence-electron chi connectivity index (χ1n) is 8.18. The van der Waals surface area contributed by atoms with E-state index in [1.807, 2.05) is 30.3 Å². The van der Waals surface area contributed by atoms with Crippen molar-refractivity contribution in [3.63, 3.8) is 0 Å². The molecule has 3 rings (SSSR count). The molecule has 0 radical (unpaired) electrons. The molecule has 1 aliphatic rings. The van der Waals surface area contributed by atoms with Crippen molar-refractivity contribution in [1.82, 2.24) is 10.3 Å². The highest BCUT2D eigenvalue weighted by molar-refractivity contribution is 5.99. The van der Waals surface area contributed by atoms with Crippen LogP contribution in [0.2, 0.25) is 0 Å². The molecule has 0 saturated carbocycles. The number of carboxylic acids is 1. The van der Waals surface area contributed by atoms with E-state index in [1.54, 1.807) is 19.1 Å². The third kappa shape index (κ3) is 3.53. The van der Waals surface area contributed by atoms with Gasteiger partial charge in [-0.3, -0.25) is 9.78 Å². The van der Waals surface area contributed by atoms with Crippen molar-refractivity contribution in [3.05, 3.63) is 53.7 Å². The molecule has 0 aliphatic carbocycles. The maximum atomic E-state index is 12.6. The van der Waals surface area contributed by atoms with E-state index in [4.69, 9.17) is 4.74 Å². The Morgan fingerprint density at radius 1 is 1.12 bits per heavy atom. The summed E-state index contributed by atoms with van der Waals surface area (Å²) in [7, 11) is 0. The van der Waals surface area contributed by atoms with Gasteiger partial charge in [0.2, 0.25) is 0 Å². The molecule has 1 fully saturated rings. The van der Waals surface area contributed by atoms with Crippen LogP contribution in [0, 0.1) is 6.92 Å². The summed E-state index contributed by atoms with van der Waals surface area (Å²) in [5.74, 6) is -1.45. The lowest BCUT2D eigenvalue weighted by Crippen LogP contribution is -2.57. The summed E-state index contributed by atoms with van der Waals surface area (Å²) in [5.41, 5.74) is 1.40. The highest BCUT2D eigenvalue weighted by Crippen LogP contribution is 2.23. The molecule has 0 bridgehead atoms. The van der Waals surface area contributed by atoms with Crippen LogP contribution in [0.5, 0.6) is 0 Å². The molecule has 0 unspecified atom stereocenters. The summed E-state index contributed by atoms with van der Waals surface area (Å²) >= 11 is 0. The van der Waals surface area contributed by atoms with Gasteiger partial charge in [0, 0.05) is 31.6 Å². The van der Waals surface area contributed by atoms with Crippen molar-refractivity contribution >= 4 is 11.9 Å². The van der Waals surface area contributed by atoms with Crippen molar-refractivity contribution in [2.75, 3.05) is 13.2 Å². The summed E-state index contributed by atoms with van der Waals surface area (Å²) in [6.45, 7) is 2.38. The van der Waals surface area contributed by atoms with Crippen LogP contribution >= 0.6 is 0 Å². The van der Waals surface area contributed by atoms with Crippen molar-refractivity contribution in [2.24, 2.45) is 0 Å². The molecule has 2 heterocycles. The molecule has 2 N–H and O–H groups in total. The Morgan fingerprint density at radius 3 is 2.40 bits per heavy atom. The van der Waals surface area contributed by atoms with Gasteiger partial charge in [-0.05, 0) is 19.1 Å². The zero-order valence-corrected chi connectivity index (χ0v) is 14.0. The fourth-order valence-electron chi connectivity index (χ4n) is 2.97. The summed E-state index contributed by atoms with van der Waals surface area (Å²) in [5, 5.41) is 12.3. The van der Waals surface area contributed by atoms with Crippen LogP contribution in [0.15, 0.2) is 42.5 Å². The van der Waals surface area contributed by atoms with Crippen LogP contribution < -0.4 is 5.32 Å². The van der Waals surface area contributed by atoms with Gasteiger partial charge in [0.25, 0.3) is 5.91 Å². The second-order valence-corrected chi connectivity index (χ2v) is 6.15. The van der Waals surface area contributed by atoms with Crippen LogP contribution in [0.3, 0.4) is 0 Å². The van der Waals surface area contributed by atoms with Gasteiger partial charge in [-0.25, -0.2) is 4.79 Å². The number of nitrogens with zero attached hydrogens (tertiary/aromatic N) is 1. The van der Waals surface area contributed by atoms with E-state index in [-0.39, 0.29) is 12.8 Å². The SMILES string of the molecule is Cc1nc(-c2ccccc2)ccc1C(=O)NC1(C(=O)O)CCOCC1. The van der Waals surface area contributed by atoms with Crippen molar-refractivity contribution in [1.29, 1.82) is 0 Å². The number of carbonyl (C=O) groups excluding carboxylic acids is 1. The lowest BCUT2D eigenvalue weighted by Gasteiger charge is -2.34. The number of aliphatic carboxylic acids is 1. The maximum absolute atomic E-state index is 12.6. The number of aromatic nitrogens is 1. The van der Waals surface area contributed by atoms with E-state index >= 15 is 0 Å². The van der Waals surface area contributed by atoms with Gasteiger partial charge >= 0.3 is 5.97 Å². The number of amides is 1. The number of aryl methyl sites for hydroxylation is 1. The average molecular weight is 340 g/mol. The highest BCUT2D eigenvalue weighted by atomic mass is 16.5. The number of rotatable bonds is 4. The minimum absolute atomic E-state index is 0.253. The van der Waals surface area contributed by atoms with Gasteiger partial charge in [0.1, 0.15) is 5.54 Å². The number of hydrogen-bond acceptors (Lipinski definition) is 4. The zero-order chi connectivity index (χ0) is 17.9. The van der Waals surface area contributed by atoms with Gasteiger partial charge in [0.05, 0.1) is 17.0 Å². The lowest BCUT2D eigenvalue weighted by atomic mass is 9.89. The predicted molar refractivity (Wildman–Crippen MR) is 92.3 cm³/mol. The van der Waals surface area contributed by atoms with Crippen LogP contribution in [0.25, 0.3) is 11.3 Å². The number of carbonyl (C=O) groups is 2. The van der Waals surface area contributed by atoms with Crippen molar-refractivity contribution < 1.29 is 19.4 Å². The minimum Gasteiger partial charge on any atom is -0.480 e. The first-order valence-corrected chi connectivity index (χ1v) is 8.18. The van der Waals surface area contributed by atoms with Gasteiger partial charge in [0.15, 0.2) is 0 Å². The van der Waals surface area contributed by atoms with Crippen molar-refractivity contribution in [3.8, 4) is 11.3 Å². The normalized spacial score (nSPS) is 16.2. The monoisotopic (exact) mass is 340 g/mol. The van der Waals surface area contributed by atoms with Crippen LogP contribution in [-0.2, 0) is 9.53 Å². The first kappa shape index (κ1) is 17.1. The summed E-state index contributed by atoms with van der Waals surface area (Å²) in [4.78, 5) is 28.8. The molecule has 1 amide bonds. The van der Waals surface area contributed by atoms with E-state index in [1.165, 1.54) is 0 Å². The van der Waals surface area contributed by atoms with E-state index < -0.39 is 17.4 Å². The predicted octanol–water partition coefficient (Wildman–Crippen LogP) is 2.42. The fraction of sp³-hybridized carbons (Fsp3) is 0.316. The molecule has 130 valence electrons. The number of pyridine rings is 1. The number of ether oxygens (including phenoxy) is 1. The van der Waals surface area contributed by atoms with E-state index in [0.29, 0.717) is 24.5 Å². The second-order valence-electron chi connectivity index (χ2n) is 6.15. The van der Waals surface area contributed by atoms with E-state index in [2.05, 4.69) is 10.3 Å². The molecule has 1 aliphatic heterocycles. The minimum atomic E-state index is -1.28. The molecular weight excluding hydrogens is 320 g/mol. The lowest BCUT2D eigenvalue weighted by molar-refractivity contribution is -0.148. The fourth-order valence-corrected chi connectivity index (χ4v) is 2.97. The average Bonchev–Trinajstić information content (AvgIpc) is 2.63. The summed E-state index contributed by atoms with van der Waals surface area (Å²) < 4.78 is 5.22. The molecule has 6 heteroatoms. The Balaban J connectivity index is 1.84. The van der Waals surface area contributed by atoms with Crippen LogP contribution in [-0.4, -0.2) is 40.7 Å². The first-order chi connectivity index (χ1) is 12.0. The topological polar surface area (TPSA) is 88.5 Å². The second kappa shape index (κ2) is 7.03. The Kier molecular flexibility index (Phi) is 4.81. The van der Waals surface area contributed by atoms with Crippen LogP contribution in [0.4, 0.5) is 0 Å². The Morgan fingerprint density at radius 2 is 1.80 bits per heavy atom. The Bertz CT molecular complexity index is 783. The largest absolute Gasteiger partial charge is 0.480 e. The molecule has 1 aromatic heterocycles. The number of nitrogens with one attached hydrogen (secondary N) is 1. The van der Waals surface area contributed by atoms with E-state index in [0.717, 1.165) is 11.3 Å². The Hall–Kier alpha value is -2.73. The van der Waals surface area contributed by atoms with Gasteiger partial charge < -0.3 is 15.2 Å². The van der Waals surface area contributed by atoms with Gasteiger partial charge in [-0.1, -0.05) is 30.3 Å². The molecule has 25 heavy (non-hydrogen) atoms. The molecule has 2 aromatic rings. The van der Waals surface area contributed by atoms with Gasteiger partial charge in [-0.15, -0.1) is 0 Å². The number of hydrogen-bond donors (Lipinski definition) is 2. The molecule has 0 atom stereocenters. The Labute approximate surface area is 145 Å². The van der Waals surface area contributed by atoms with Crippen LogP contribution in [0.1, 0.15) is 28.9 Å². The molecule has 6 nitrogen and oxygen atoms in total. The third-order valence-corrected chi connectivity index (χ3v) is 4.51. The number of benzene rings is 1.